The normalized spacial score (nSPS) is 14.5. The first-order chi connectivity index (χ1) is 27.1. The number of unbranched alkanes of at least 4 members (excludes halogenated alkanes) is 12. The number of carbonyl (C=O) groups is 3. The Morgan fingerprint density at radius 2 is 0.964 bits per heavy atom. The van der Waals surface area contributed by atoms with E-state index in [0.717, 1.165) is 70.6 Å². The summed E-state index contributed by atoms with van der Waals surface area (Å²) in [5.41, 5.74) is 5.32. The van der Waals surface area contributed by atoms with Gasteiger partial charge in [0, 0.05) is 12.8 Å². The summed E-state index contributed by atoms with van der Waals surface area (Å²) in [6.07, 6.45) is 45.4. The number of nitrogens with two attached hydrogens (primary N) is 1. The summed E-state index contributed by atoms with van der Waals surface area (Å²) in [6.45, 7) is 2.66. The number of ether oxygens (including phenoxy) is 2. The number of hydrogen-bond donors (Lipinski definition) is 3. The van der Waals surface area contributed by atoms with E-state index in [-0.39, 0.29) is 19.4 Å². The highest BCUT2D eigenvalue weighted by atomic mass is 31.2. The van der Waals surface area contributed by atoms with E-state index in [4.69, 9.17) is 24.8 Å². The quantitative estimate of drug-likeness (QED) is 0.0235. The van der Waals surface area contributed by atoms with Crippen LogP contribution in [-0.4, -0.2) is 59.9 Å². The van der Waals surface area contributed by atoms with Crippen molar-refractivity contribution in [2.45, 2.75) is 167 Å². The molecule has 0 heterocycles. The Balaban J connectivity index is 4.52. The summed E-state index contributed by atoms with van der Waals surface area (Å²) in [6, 6.07) is -1.53. The van der Waals surface area contributed by atoms with Gasteiger partial charge in [0.25, 0.3) is 0 Å². The van der Waals surface area contributed by atoms with E-state index in [1.54, 1.807) is 0 Å². The van der Waals surface area contributed by atoms with Crippen molar-refractivity contribution in [2.75, 3.05) is 19.8 Å². The lowest BCUT2D eigenvalue weighted by Crippen LogP contribution is -2.34. The maximum Gasteiger partial charge on any atom is 0.472 e. The van der Waals surface area contributed by atoms with Crippen molar-refractivity contribution in [3.63, 3.8) is 0 Å². The monoisotopic (exact) mass is 808 g/mol. The summed E-state index contributed by atoms with van der Waals surface area (Å²) in [5.74, 6) is -2.48. The van der Waals surface area contributed by atoms with Crippen LogP contribution in [0.2, 0.25) is 0 Å². The van der Waals surface area contributed by atoms with E-state index in [0.29, 0.717) is 19.3 Å². The number of carbonyl (C=O) groups excluding carboxylic acids is 2. The van der Waals surface area contributed by atoms with E-state index in [1.807, 2.05) is 12.2 Å². The van der Waals surface area contributed by atoms with Crippen molar-refractivity contribution >= 4 is 25.7 Å². The third-order valence-corrected chi connectivity index (χ3v) is 9.38. The SMILES string of the molecule is CCCCC/C=C/C/C=C/C/C=C/C/C=C/CCCC(=O)OC[C@H](COP(=O)(O)OC[C@H](N)C(=O)O)OC(=O)CCCCCCC/C=C/C/C=C/CCCCC. The first-order valence-electron chi connectivity index (χ1n) is 21.0. The Bertz CT molecular complexity index is 1230. The fourth-order valence-electron chi connectivity index (χ4n) is 5.09. The van der Waals surface area contributed by atoms with Gasteiger partial charge in [0.15, 0.2) is 6.10 Å². The van der Waals surface area contributed by atoms with Crippen molar-refractivity contribution in [2.24, 2.45) is 5.73 Å². The highest BCUT2D eigenvalue weighted by Gasteiger charge is 2.28. The van der Waals surface area contributed by atoms with E-state index >= 15 is 0 Å². The lowest BCUT2D eigenvalue weighted by Gasteiger charge is -2.20. The summed E-state index contributed by atoms with van der Waals surface area (Å²) >= 11 is 0. The highest BCUT2D eigenvalue weighted by molar-refractivity contribution is 7.47. The first-order valence-corrected chi connectivity index (χ1v) is 22.5. The van der Waals surface area contributed by atoms with Crippen molar-refractivity contribution in [1.82, 2.24) is 0 Å². The van der Waals surface area contributed by atoms with E-state index < -0.39 is 51.1 Å². The summed E-state index contributed by atoms with van der Waals surface area (Å²) < 4.78 is 32.6. The molecule has 1 unspecified atom stereocenters. The molecule has 56 heavy (non-hydrogen) atoms. The highest BCUT2D eigenvalue weighted by Crippen LogP contribution is 2.43. The molecule has 0 spiro atoms. The second-order valence-electron chi connectivity index (χ2n) is 13.8. The molecule has 0 saturated carbocycles. The molecule has 0 radical (unpaired) electrons. The van der Waals surface area contributed by atoms with Gasteiger partial charge >= 0.3 is 25.7 Å². The lowest BCUT2D eigenvalue weighted by atomic mass is 10.1. The van der Waals surface area contributed by atoms with Crippen LogP contribution in [0.5, 0.6) is 0 Å². The molecule has 0 aliphatic rings. The molecule has 12 heteroatoms. The Kier molecular flexibility index (Phi) is 36.6. The molecule has 0 aliphatic heterocycles. The number of phosphoric ester groups is 1. The maximum absolute atomic E-state index is 12.6. The summed E-state index contributed by atoms with van der Waals surface area (Å²) in [4.78, 5) is 45.9. The molecular formula is C44H74NO10P. The molecule has 0 saturated heterocycles. The molecule has 3 atom stereocenters. The molecule has 0 aliphatic carbocycles. The predicted molar refractivity (Wildman–Crippen MR) is 226 cm³/mol. The van der Waals surface area contributed by atoms with Gasteiger partial charge in [0.05, 0.1) is 13.2 Å². The fraction of sp³-hybridized carbons (Fsp3) is 0.659. The third kappa shape index (κ3) is 37.8. The number of aliphatic carboxylic acids is 1. The average molecular weight is 808 g/mol. The van der Waals surface area contributed by atoms with E-state index in [1.165, 1.54) is 38.5 Å². The van der Waals surface area contributed by atoms with Crippen LogP contribution < -0.4 is 5.73 Å². The zero-order valence-corrected chi connectivity index (χ0v) is 35.3. The predicted octanol–water partition coefficient (Wildman–Crippen LogP) is 10.9. The fourth-order valence-corrected chi connectivity index (χ4v) is 5.86. The molecule has 4 N–H and O–H groups in total. The Morgan fingerprint density at radius 3 is 1.46 bits per heavy atom. The van der Waals surface area contributed by atoms with Gasteiger partial charge in [-0.1, -0.05) is 132 Å². The second kappa shape index (κ2) is 38.8. The van der Waals surface area contributed by atoms with Crippen molar-refractivity contribution in [3.05, 3.63) is 72.9 Å². The molecule has 0 amide bonds. The van der Waals surface area contributed by atoms with Crippen LogP contribution in [0.3, 0.4) is 0 Å². The van der Waals surface area contributed by atoms with Crippen molar-refractivity contribution in [3.8, 4) is 0 Å². The van der Waals surface area contributed by atoms with Crippen LogP contribution in [-0.2, 0) is 37.5 Å². The minimum atomic E-state index is -4.73. The minimum Gasteiger partial charge on any atom is -0.480 e. The first kappa shape index (κ1) is 52.9. The van der Waals surface area contributed by atoms with Crippen LogP contribution in [0.15, 0.2) is 72.9 Å². The topological polar surface area (TPSA) is 172 Å². The third-order valence-electron chi connectivity index (χ3n) is 8.43. The molecule has 0 rings (SSSR count). The zero-order chi connectivity index (χ0) is 41.4. The average Bonchev–Trinajstić information content (AvgIpc) is 3.17. The van der Waals surface area contributed by atoms with Crippen molar-refractivity contribution in [1.29, 1.82) is 0 Å². The molecule has 0 aromatic carbocycles. The smallest absolute Gasteiger partial charge is 0.472 e. The molecular weight excluding hydrogens is 733 g/mol. The van der Waals surface area contributed by atoms with Crippen LogP contribution in [0.1, 0.15) is 155 Å². The molecule has 0 fully saturated rings. The van der Waals surface area contributed by atoms with Gasteiger partial charge in [0.1, 0.15) is 12.6 Å². The maximum atomic E-state index is 12.6. The zero-order valence-electron chi connectivity index (χ0n) is 34.4. The number of phosphoric acid groups is 1. The van der Waals surface area contributed by atoms with E-state index in [9.17, 15) is 23.8 Å². The van der Waals surface area contributed by atoms with Crippen LogP contribution in [0.25, 0.3) is 0 Å². The Labute approximate surface area is 338 Å². The van der Waals surface area contributed by atoms with Gasteiger partial charge in [-0.15, -0.1) is 0 Å². The standard InChI is InChI=1S/C44H74NO10P/c1-3-5-7-9-11-13-15-17-19-20-22-23-25-27-29-31-33-35-42(46)52-37-40(38-53-56(50,51)54-39-41(45)44(48)49)55-43(47)36-34-32-30-28-26-24-21-18-16-14-12-10-8-6-4-2/h11-14,17-19,21-23,27,29,40-41H,3-10,15-16,20,24-26,28,30-39,45H2,1-2H3,(H,48,49)(H,50,51)/b13-11+,14-12+,19-17+,21-18+,23-22+,29-27+/t40-,41+/m1/s1. The van der Waals surface area contributed by atoms with Gasteiger partial charge in [-0.2, -0.15) is 0 Å². The molecule has 11 nitrogen and oxygen atoms in total. The van der Waals surface area contributed by atoms with Gasteiger partial charge in [-0.25, -0.2) is 4.57 Å². The molecule has 320 valence electrons. The van der Waals surface area contributed by atoms with Gasteiger partial charge in [-0.3, -0.25) is 23.4 Å². The van der Waals surface area contributed by atoms with Crippen LogP contribution in [0.4, 0.5) is 0 Å². The summed E-state index contributed by atoms with van der Waals surface area (Å²) in [7, 11) is -4.73. The minimum absolute atomic E-state index is 0.130. The molecule has 0 aromatic heterocycles. The number of hydrogen-bond acceptors (Lipinski definition) is 9. The Morgan fingerprint density at radius 1 is 0.554 bits per heavy atom. The Hall–Kier alpha value is -3.08. The second-order valence-corrected chi connectivity index (χ2v) is 15.2. The van der Waals surface area contributed by atoms with E-state index in [2.05, 4.69) is 79.1 Å². The largest absolute Gasteiger partial charge is 0.480 e. The number of carboxylic acid groups (broad SMARTS) is 1. The van der Waals surface area contributed by atoms with Gasteiger partial charge in [0.2, 0.25) is 0 Å². The molecule has 0 aromatic rings. The van der Waals surface area contributed by atoms with Crippen molar-refractivity contribution < 1.29 is 47.5 Å². The number of carboxylic acids is 1. The lowest BCUT2D eigenvalue weighted by molar-refractivity contribution is -0.161. The summed E-state index contributed by atoms with van der Waals surface area (Å²) in [5, 5.41) is 8.88. The number of allylic oxidation sites excluding steroid dienone is 12. The van der Waals surface area contributed by atoms with Gasteiger partial charge in [-0.05, 0) is 83.5 Å². The molecule has 0 bridgehead atoms. The number of rotatable bonds is 38. The van der Waals surface area contributed by atoms with Gasteiger partial charge < -0.3 is 25.2 Å². The van der Waals surface area contributed by atoms with Crippen LogP contribution in [0, 0.1) is 0 Å². The number of esters is 2. The van der Waals surface area contributed by atoms with Crippen LogP contribution >= 0.6 is 7.82 Å².